The number of sulfone groups is 1. The van der Waals surface area contributed by atoms with Crippen LogP contribution < -0.4 is 4.72 Å². The second-order valence-electron chi connectivity index (χ2n) is 9.93. The Balaban J connectivity index is 1.45. The summed E-state index contributed by atoms with van der Waals surface area (Å²) >= 11 is 0. The highest BCUT2D eigenvalue weighted by molar-refractivity contribution is 7.91. The summed E-state index contributed by atoms with van der Waals surface area (Å²) in [5.41, 5.74) is 1.89. The number of nitrogens with zero attached hydrogens (tertiary/aromatic N) is 5. The predicted molar refractivity (Wildman–Crippen MR) is 137 cm³/mol. The highest BCUT2D eigenvalue weighted by Gasteiger charge is 2.41. The molecule has 1 aromatic carbocycles. The number of rotatable bonds is 7. The molecule has 2 N–H and O–H groups in total. The van der Waals surface area contributed by atoms with Crippen LogP contribution in [0.2, 0.25) is 0 Å². The fourth-order valence-corrected chi connectivity index (χ4v) is 8.67. The van der Waals surface area contributed by atoms with Gasteiger partial charge in [-0.25, -0.2) is 13.4 Å². The minimum atomic E-state index is -3.99. The summed E-state index contributed by atoms with van der Waals surface area (Å²) in [6.45, 7) is 4.93. The Hall–Kier alpha value is -2.87. The van der Waals surface area contributed by atoms with E-state index in [1.54, 1.807) is 41.8 Å². The summed E-state index contributed by atoms with van der Waals surface area (Å²) in [7, 11) is -7.50. The second-order valence-corrected chi connectivity index (χ2v) is 13.5. The normalized spacial score (nSPS) is 23.1. The molecule has 1 aliphatic heterocycles. The molecule has 1 aliphatic carbocycles. The molecule has 6 rings (SSSR count). The SMILES string of the molecule is CC[C@@H]1C[C@H](NS(=O)(=O)N2CCC2)C[C@@H]1c1nnc2c(S(=O)(=O)c3ccccc3C)nc3[nH]ccc3n12. The molecule has 2 aliphatic rings. The van der Waals surface area contributed by atoms with Gasteiger partial charge in [0.25, 0.3) is 10.2 Å². The topological polar surface area (TPSA) is 142 Å². The van der Waals surface area contributed by atoms with Crippen molar-refractivity contribution in [2.75, 3.05) is 13.1 Å². The van der Waals surface area contributed by atoms with E-state index in [-0.39, 0.29) is 33.4 Å². The molecular weight excluding hydrogens is 514 g/mol. The molecule has 196 valence electrons. The highest BCUT2D eigenvalue weighted by atomic mass is 32.2. The van der Waals surface area contributed by atoms with E-state index in [1.165, 1.54) is 4.31 Å². The summed E-state index contributed by atoms with van der Waals surface area (Å²) in [4.78, 5) is 7.68. The Morgan fingerprint density at radius 1 is 1.08 bits per heavy atom. The van der Waals surface area contributed by atoms with Gasteiger partial charge in [-0.15, -0.1) is 10.2 Å². The van der Waals surface area contributed by atoms with Gasteiger partial charge in [-0.2, -0.15) is 17.4 Å². The van der Waals surface area contributed by atoms with Crippen LogP contribution in [-0.2, 0) is 20.0 Å². The molecule has 37 heavy (non-hydrogen) atoms. The number of nitrogens with one attached hydrogen (secondary N) is 2. The van der Waals surface area contributed by atoms with Crippen LogP contribution in [0.15, 0.2) is 46.5 Å². The number of benzene rings is 1. The summed E-state index contributed by atoms with van der Waals surface area (Å²) in [6, 6.07) is 8.39. The van der Waals surface area contributed by atoms with Gasteiger partial charge in [0, 0.05) is 31.2 Å². The van der Waals surface area contributed by atoms with E-state index in [0.717, 1.165) is 12.8 Å². The van der Waals surface area contributed by atoms with E-state index in [4.69, 9.17) is 0 Å². The zero-order valence-corrected chi connectivity index (χ0v) is 22.3. The molecule has 1 saturated heterocycles. The average molecular weight is 544 g/mol. The number of aromatic amines is 1. The van der Waals surface area contributed by atoms with Crippen molar-refractivity contribution in [3.05, 3.63) is 47.9 Å². The van der Waals surface area contributed by atoms with Gasteiger partial charge in [0.15, 0.2) is 11.3 Å². The first-order chi connectivity index (χ1) is 17.7. The first-order valence-electron chi connectivity index (χ1n) is 12.5. The Kier molecular flexibility index (Phi) is 5.86. The van der Waals surface area contributed by atoms with E-state index < -0.39 is 20.0 Å². The molecule has 11 nitrogen and oxygen atoms in total. The molecule has 4 heterocycles. The van der Waals surface area contributed by atoms with E-state index in [9.17, 15) is 16.8 Å². The third-order valence-corrected chi connectivity index (χ3v) is 11.2. The first-order valence-corrected chi connectivity index (χ1v) is 15.4. The molecule has 2 fully saturated rings. The summed E-state index contributed by atoms with van der Waals surface area (Å²) in [5.74, 6) is 0.689. The molecule has 0 bridgehead atoms. The van der Waals surface area contributed by atoms with Gasteiger partial charge in [-0.1, -0.05) is 31.5 Å². The Bertz CT molecular complexity index is 1710. The van der Waals surface area contributed by atoms with Crippen molar-refractivity contribution >= 4 is 36.9 Å². The standard InChI is InChI=1S/C24H29N7O4S2/c1-3-16-13-17(29-37(34,35)30-11-6-12-30)14-18(16)22-27-28-23-24(26-21-19(31(22)23)9-10-25-21)36(32,33)20-8-5-4-7-15(20)2/h4-5,7-10,16-18,25,29H,3,6,11-14H2,1-2H3/t16-,17+,18+/m1/s1. The van der Waals surface area contributed by atoms with Crippen molar-refractivity contribution in [2.24, 2.45) is 5.92 Å². The van der Waals surface area contributed by atoms with Gasteiger partial charge in [0.1, 0.15) is 5.82 Å². The molecule has 0 spiro atoms. The Labute approximate surface area is 215 Å². The zero-order chi connectivity index (χ0) is 25.9. The molecule has 0 unspecified atom stereocenters. The van der Waals surface area contributed by atoms with Crippen molar-refractivity contribution < 1.29 is 16.8 Å². The van der Waals surface area contributed by atoms with Gasteiger partial charge < -0.3 is 4.98 Å². The molecule has 1 saturated carbocycles. The van der Waals surface area contributed by atoms with Crippen molar-refractivity contribution in [3.8, 4) is 0 Å². The van der Waals surface area contributed by atoms with Crippen molar-refractivity contribution in [1.82, 2.24) is 33.6 Å². The largest absolute Gasteiger partial charge is 0.345 e. The van der Waals surface area contributed by atoms with Crippen LogP contribution in [0.5, 0.6) is 0 Å². The van der Waals surface area contributed by atoms with E-state index >= 15 is 0 Å². The zero-order valence-electron chi connectivity index (χ0n) is 20.6. The van der Waals surface area contributed by atoms with Crippen molar-refractivity contribution in [2.45, 2.75) is 61.4 Å². The van der Waals surface area contributed by atoms with Gasteiger partial charge in [-0.3, -0.25) is 4.40 Å². The van der Waals surface area contributed by atoms with Gasteiger partial charge in [0.05, 0.1) is 10.4 Å². The maximum Gasteiger partial charge on any atom is 0.279 e. The van der Waals surface area contributed by atoms with Crippen molar-refractivity contribution in [3.63, 3.8) is 0 Å². The monoisotopic (exact) mass is 543 g/mol. The van der Waals surface area contributed by atoms with E-state index in [0.29, 0.717) is 48.5 Å². The highest BCUT2D eigenvalue weighted by Crippen LogP contribution is 2.42. The Morgan fingerprint density at radius 2 is 1.86 bits per heavy atom. The molecule has 0 radical (unpaired) electrons. The third-order valence-electron chi connectivity index (χ3n) is 7.70. The summed E-state index contributed by atoms with van der Waals surface area (Å²) < 4.78 is 59.1. The predicted octanol–water partition coefficient (Wildman–Crippen LogP) is 2.56. The number of hydrogen-bond donors (Lipinski definition) is 2. The number of hydrogen-bond acceptors (Lipinski definition) is 7. The lowest BCUT2D eigenvalue weighted by atomic mass is 9.93. The van der Waals surface area contributed by atoms with Crippen LogP contribution in [0.4, 0.5) is 0 Å². The van der Waals surface area contributed by atoms with Crippen LogP contribution in [-0.4, -0.2) is 64.8 Å². The third kappa shape index (κ3) is 3.95. The number of aryl methyl sites for hydroxylation is 1. The van der Waals surface area contributed by atoms with Crippen LogP contribution in [0.3, 0.4) is 0 Å². The lowest BCUT2D eigenvalue weighted by molar-refractivity contribution is 0.301. The average Bonchev–Trinajstić information content (AvgIpc) is 3.53. The maximum atomic E-state index is 13.8. The minimum Gasteiger partial charge on any atom is -0.345 e. The van der Waals surface area contributed by atoms with Crippen LogP contribution in [0.25, 0.3) is 16.8 Å². The van der Waals surface area contributed by atoms with Crippen LogP contribution in [0, 0.1) is 12.8 Å². The molecule has 13 heteroatoms. The summed E-state index contributed by atoms with van der Waals surface area (Å²) in [6.07, 6.45) is 4.66. The van der Waals surface area contributed by atoms with Crippen LogP contribution >= 0.6 is 0 Å². The molecule has 3 aromatic heterocycles. The molecular formula is C24H29N7O4S2. The van der Waals surface area contributed by atoms with Gasteiger partial charge >= 0.3 is 0 Å². The lowest BCUT2D eigenvalue weighted by Crippen LogP contribution is -2.50. The smallest absolute Gasteiger partial charge is 0.279 e. The number of aromatic nitrogens is 5. The number of fused-ring (bicyclic) bond motifs is 3. The van der Waals surface area contributed by atoms with Gasteiger partial charge in [0.2, 0.25) is 14.9 Å². The number of H-pyrrole nitrogens is 1. The second kappa shape index (κ2) is 8.86. The lowest BCUT2D eigenvalue weighted by Gasteiger charge is -2.31. The minimum absolute atomic E-state index is 0.0985. The van der Waals surface area contributed by atoms with E-state index in [1.807, 2.05) is 6.07 Å². The molecule has 4 aromatic rings. The van der Waals surface area contributed by atoms with E-state index in [2.05, 4.69) is 31.8 Å². The van der Waals surface area contributed by atoms with Crippen molar-refractivity contribution in [1.29, 1.82) is 0 Å². The van der Waals surface area contributed by atoms with Gasteiger partial charge in [-0.05, 0) is 49.8 Å². The summed E-state index contributed by atoms with van der Waals surface area (Å²) in [5, 5.41) is 8.68. The first kappa shape index (κ1) is 24.5. The molecule has 3 atom stereocenters. The maximum absolute atomic E-state index is 13.8. The van der Waals surface area contributed by atoms with Crippen LogP contribution in [0.1, 0.15) is 49.9 Å². The fraction of sp³-hybridized carbons (Fsp3) is 0.458. The quantitative estimate of drug-likeness (QED) is 0.365. The fourth-order valence-electron chi connectivity index (χ4n) is 5.63. The molecule has 0 amide bonds. The Morgan fingerprint density at radius 3 is 2.57 bits per heavy atom.